The molecule has 0 bridgehead atoms. The second-order valence-corrected chi connectivity index (χ2v) is 9.00. The molecule has 2 saturated heterocycles. The molecule has 1 amide bonds. The number of benzene rings is 1. The monoisotopic (exact) mass is 414 g/mol. The number of carbonyl (C=O) groups is 1. The van der Waals surface area contributed by atoms with Crippen molar-refractivity contribution in [2.45, 2.75) is 50.9 Å². The molecule has 0 radical (unpaired) electrons. The van der Waals surface area contributed by atoms with Crippen molar-refractivity contribution in [3.63, 3.8) is 0 Å². The lowest BCUT2D eigenvalue weighted by atomic mass is 9.78. The molecule has 30 heavy (non-hydrogen) atoms. The van der Waals surface area contributed by atoms with Gasteiger partial charge in [0, 0.05) is 31.6 Å². The first-order chi connectivity index (χ1) is 14.0. The Morgan fingerprint density at radius 1 is 1.13 bits per heavy atom. The summed E-state index contributed by atoms with van der Waals surface area (Å²) in [6, 6.07) is 7.15. The minimum absolute atomic E-state index is 0.131. The van der Waals surface area contributed by atoms with Crippen LogP contribution in [0, 0.1) is 0 Å². The average molecular weight is 414 g/mol. The molecule has 2 aliphatic rings. The van der Waals surface area contributed by atoms with E-state index < -0.39 is 29.8 Å². The van der Waals surface area contributed by atoms with Crippen LogP contribution in [0.1, 0.15) is 39.9 Å². The number of methoxy groups -OCH3 is 1. The molecule has 8 nitrogen and oxygen atoms in total. The number of ether oxygens (including phenoxy) is 1. The van der Waals surface area contributed by atoms with Gasteiger partial charge >= 0.3 is 7.12 Å². The summed E-state index contributed by atoms with van der Waals surface area (Å²) in [5.41, 5.74) is -0.662. The summed E-state index contributed by atoms with van der Waals surface area (Å²) in [5.74, 6) is 0.345. The fraction of sp³-hybridized carbons (Fsp3) is 0.524. The highest BCUT2D eigenvalue weighted by atomic mass is 16.7. The molecular weight excluding hydrogens is 387 g/mol. The molecule has 1 aromatic carbocycles. The number of hydrogen-bond acceptors (Lipinski definition) is 7. The second kappa shape index (κ2) is 6.83. The number of rotatable bonds is 4. The number of amides is 1. The molecule has 0 spiro atoms. The van der Waals surface area contributed by atoms with Gasteiger partial charge in [0.25, 0.3) is 5.91 Å². The third-order valence-corrected chi connectivity index (χ3v) is 6.41. The van der Waals surface area contributed by atoms with Crippen LogP contribution in [0.2, 0.25) is 0 Å². The number of aromatic nitrogens is 1. The van der Waals surface area contributed by atoms with Gasteiger partial charge in [0.15, 0.2) is 5.76 Å². The van der Waals surface area contributed by atoms with Crippen molar-refractivity contribution in [1.82, 2.24) is 10.1 Å². The van der Waals surface area contributed by atoms with E-state index in [2.05, 4.69) is 5.16 Å². The van der Waals surface area contributed by atoms with Crippen LogP contribution in [-0.4, -0.2) is 60.1 Å². The second-order valence-electron chi connectivity index (χ2n) is 9.00. The van der Waals surface area contributed by atoms with Crippen LogP contribution in [0.5, 0.6) is 5.75 Å². The van der Waals surface area contributed by atoms with E-state index in [1.807, 2.05) is 45.9 Å². The van der Waals surface area contributed by atoms with Crippen LogP contribution >= 0.6 is 0 Å². The average Bonchev–Trinajstić information content (AvgIpc) is 3.34. The van der Waals surface area contributed by atoms with Crippen molar-refractivity contribution in [3.8, 4) is 17.0 Å². The fourth-order valence-electron chi connectivity index (χ4n) is 3.69. The van der Waals surface area contributed by atoms with Crippen LogP contribution in [0.3, 0.4) is 0 Å². The molecule has 0 aliphatic carbocycles. The number of hydrogen-bond donors (Lipinski definition) is 1. The van der Waals surface area contributed by atoms with Gasteiger partial charge < -0.3 is 28.6 Å². The first kappa shape index (κ1) is 20.9. The Balaban J connectivity index is 1.69. The van der Waals surface area contributed by atoms with Crippen LogP contribution in [0.25, 0.3) is 11.3 Å². The lowest BCUT2D eigenvalue weighted by Gasteiger charge is -2.32. The van der Waals surface area contributed by atoms with Crippen LogP contribution in [-0.2, 0) is 19.7 Å². The van der Waals surface area contributed by atoms with Gasteiger partial charge in [-0.3, -0.25) is 4.79 Å². The quantitative estimate of drug-likeness (QED) is 0.761. The van der Waals surface area contributed by atoms with Gasteiger partial charge in [-0.25, -0.2) is 0 Å². The smallest absolute Gasteiger partial charge is 0.494 e. The maximum atomic E-state index is 12.4. The Bertz CT molecular complexity index is 972. The van der Waals surface area contributed by atoms with Crippen molar-refractivity contribution in [1.29, 1.82) is 0 Å². The number of nitrogens with zero attached hydrogens (tertiary/aromatic N) is 2. The number of likely N-dealkylation sites (tertiary alicyclic amines) is 1. The summed E-state index contributed by atoms with van der Waals surface area (Å²) in [6.45, 7) is 8.43. The predicted molar refractivity (Wildman–Crippen MR) is 110 cm³/mol. The normalized spacial score (nSPS) is 25.2. The van der Waals surface area contributed by atoms with E-state index >= 15 is 0 Å². The van der Waals surface area contributed by atoms with Crippen LogP contribution < -0.4 is 10.2 Å². The van der Waals surface area contributed by atoms with Gasteiger partial charge in [-0.2, -0.15) is 0 Å². The van der Waals surface area contributed by atoms with E-state index in [1.54, 1.807) is 20.2 Å². The minimum atomic E-state index is -1.69. The SMILES string of the molecule is COc1cc(B2OC(C)(C)C(C)(C)O2)cc(-c2cc(C3(O)CCN(C)C3=O)on2)c1. The van der Waals surface area contributed by atoms with Crippen molar-refractivity contribution in [2.75, 3.05) is 20.7 Å². The molecule has 1 unspecified atom stereocenters. The van der Waals surface area contributed by atoms with E-state index in [4.69, 9.17) is 18.6 Å². The molecular formula is C21H27BN2O6. The Labute approximate surface area is 176 Å². The zero-order valence-electron chi connectivity index (χ0n) is 18.2. The summed E-state index contributed by atoms with van der Waals surface area (Å²) in [6.07, 6.45) is 0.258. The third kappa shape index (κ3) is 3.21. The van der Waals surface area contributed by atoms with Gasteiger partial charge in [-0.1, -0.05) is 11.2 Å². The number of carbonyl (C=O) groups excluding carboxylic acids is 1. The molecule has 1 N–H and O–H groups in total. The lowest BCUT2D eigenvalue weighted by Crippen LogP contribution is -2.41. The highest BCUT2D eigenvalue weighted by Gasteiger charge is 2.52. The van der Waals surface area contributed by atoms with E-state index in [0.717, 1.165) is 5.46 Å². The molecule has 3 heterocycles. The van der Waals surface area contributed by atoms with Gasteiger partial charge in [0.2, 0.25) is 5.60 Å². The predicted octanol–water partition coefficient (Wildman–Crippen LogP) is 1.70. The van der Waals surface area contributed by atoms with Crippen molar-refractivity contribution in [2.24, 2.45) is 0 Å². The summed E-state index contributed by atoms with van der Waals surface area (Å²) in [4.78, 5) is 13.8. The van der Waals surface area contributed by atoms with Crippen LogP contribution in [0.15, 0.2) is 28.8 Å². The summed E-state index contributed by atoms with van der Waals surface area (Å²) in [7, 11) is 2.66. The van der Waals surface area contributed by atoms with E-state index in [0.29, 0.717) is 23.6 Å². The maximum absolute atomic E-state index is 12.4. The van der Waals surface area contributed by atoms with E-state index in [-0.39, 0.29) is 12.2 Å². The lowest BCUT2D eigenvalue weighted by molar-refractivity contribution is -0.144. The zero-order chi connectivity index (χ0) is 21.9. The first-order valence-corrected chi connectivity index (χ1v) is 9.97. The summed E-state index contributed by atoms with van der Waals surface area (Å²) < 4.78 is 23.2. The third-order valence-electron chi connectivity index (χ3n) is 6.41. The first-order valence-electron chi connectivity index (χ1n) is 9.97. The summed E-state index contributed by atoms with van der Waals surface area (Å²) in [5, 5.41) is 14.9. The molecule has 1 aromatic heterocycles. The van der Waals surface area contributed by atoms with E-state index in [9.17, 15) is 9.90 Å². The maximum Gasteiger partial charge on any atom is 0.494 e. The van der Waals surface area contributed by atoms with Crippen molar-refractivity contribution < 1.29 is 28.5 Å². The van der Waals surface area contributed by atoms with Gasteiger partial charge in [0.05, 0.1) is 18.3 Å². The Morgan fingerprint density at radius 3 is 2.37 bits per heavy atom. The van der Waals surface area contributed by atoms with Crippen LogP contribution in [0.4, 0.5) is 0 Å². The fourth-order valence-corrected chi connectivity index (χ4v) is 3.69. The molecule has 4 rings (SSSR count). The molecule has 160 valence electrons. The standard InChI is InChI=1S/C21H27BN2O6/c1-19(2)20(3,4)30-22(29-19)14-9-13(10-15(11-14)27-6)16-12-17(28-23-16)21(26)7-8-24(5)18(21)25/h9-12,26H,7-8H2,1-6H3. The molecule has 1 atom stereocenters. The largest absolute Gasteiger partial charge is 0.497 e. The van der Waals surface area contributed by atoms with E-state index in [1.165, 1.54) is 4.90 Å². The highest BCUT2D eigenvalue weighted by Crippen LogP contribution is 2.38. The highest BCUT2D eigenvalue weighted by molar-refractivity contribution is 6.62. The molecule has 0 saturated carbocycles. The molecule has 2 fully saturated rings. The zero-order valence-corrected chi connectivity index (χ0v) is 18.2. The minimum Gasteiger partial charge on any atom is -0.497 e. The van der Waals surface area contributed by atoms with Gasteiger partial charge in [0.1, 0.15) is 11.4 Å². The summed E-state index contributed by atoms with van der Waals surface area (Å²) >= 11 is 0. The number of likely N-dealkylation sites (N-methyl/N-ethyl adjacent to an activating group) is 1. The molecule has 9 heteroatoms. The Hall–Kier alpha value is -2.36. The van der Waals surface area contributed by atoms with Gasteiger partial charge in [-0.05, 0) is 45.3 Å². The molecule has 2 aliphatic heterocycles. The van der Waals surface area contributed by atoms with Crippen molar-refractivity contribution in [3.05, 3.63) is 30.0 Å². The topological polar surface area (TPSA) is 94.3 Å². The molecule has 2 aromatic rings. The Kier molecular flexibility index (Phi) is 4.76. The van der Waals surface area contributed by atoms with Gasteiger partial charge in [-0.15, -0.1) is 0 Å². The van der Waals surface area contributed by atoms with Crippen molar-refractivity contribution >= 4 is 18.5 Å². The number of aliphatic hydroxyl groups is 1. The Morgan fingerprint density at radius 2 is 1.80 bits per heavy atom.